The van der Waals surface area contributed by atoms with Crippen molar-refractivity contribution >= 4 is 17.8 Å². The van der Waals surface area contributed by atoms with Crippen LogP contribution in [-0.4, -0.2) is 76.8 Å². The maximum atomic E-state index is 13.3. The van der Waals surface area contributed by atoms with Crippen LogP contribution in [0.4, 0.5) is 4.79 Å². The number of carbonyl (C=O) groups excluding carboxylic acids is 3. The molecule has 1 N–H and O–H groups in total. The van der Waals surface area contributed by atoms with Crippen LogP contribution in [0.15, 0.2) is 30.3 Å². The summed E-state index contributed by atoms with van der Waals surface area (Å²) in [5.74, 6) is -0.000742. The highest BCUT2D eigenvalue weighted by Gasteiger charge is 2.54. The molecule has 0 aliphatic carbocycles. The molecule has 3 fully saturated rings. The van der Waals surface area contributed by atoms with E-state index in [0.717, 1.165) is 38.9 Å². The molecule has 0 aromatic heterocycles. The second-order valence-corrected chi connectivity index (χ2v) is 8.75. The molecule has 0 unspecified atom stereocenters. The summed E-state index contributed by atoms with van der Waals surface area (Å²) in [5, 5.41) is 3.03. The zero-order valence-electron chi connectivity index (χ0n) is 17.8. The van der Waals surface area contributed by atoms with Gasteiger partial charge in [0.05, 0.1) is 6.04 Å². The van der Waals surface area contributed by atoms with E-state index in [1.807, 2.05) is 13.0 Å². The van der Waals surface area contributed by atoms with E-state index in [-0.39, 0.29) is 23.9 Å². The molecule has 7 heteroatoms. The van der Waals surface area contributed by atoms with E-state index in [1.54, 1.807) is 4.90 Å². The molecule has 4 amide bonds. The summed E-state index contributed by atoms with van der Waals surface area (Å²) < 4.78 is 0. The van der Waals surface area contributed by atoms with Gasteiger partial charge >= 0.3 is 6.03 Å². The van der Waals surface area contributed by atoms with Gasteiger partial charge < -0.3 is 15.1 Å². The van der Waals surface area contributed by atoms with E-state index >= 15 is 0 Å². The lowest BCUT2D eigenvalue weighted by molar-refractivity contribution is -0.139. The third kappa shape index (κ3) is 4.08. The van der Waals surface area contributed by atoms with Gasteiger partial charge in [-0.25, -0.2) is 4.79 Å². The molecule has 0 bridgehead atoms. The molecule has 3 aliphatic rings. The number of benzene rings is 1. The smallest absolute Gasteiger partial charge is 0.325 e. The molecule has 0 saturated carbocycles. The Balaban J connectivity index is 1.35. The highest BCUT2D eigenvalue weighted by Crippen LogP contribution is 2.32. The molecule has 1 spiro atoms. The number of hydrogen-bond acceptors (Lipinski definition) is 4. The summed E-state index contributed by atoms with van der Waals surface area (Å²) in [6, 6.07) is 9.93. The van der Waals surface area contributed by atoms with Crippen LogP contribution in [0.5, 0.6) is 0 Å². The van der Waals surface area contributed by atoms with Gasteiger partial charge in [-0.05, 0) is 37.7 Å². The summed E-state index contributed by atoms with van der Waals surface area (Å²) in [6.07, 6.45) is 4.33. The average Bonchev–Trinajstić information content (AvgIpc) is 3.02. The zero-order chi connectivity index (χ0) is 21.1. The highest BCUT2D eigenvalue weighted by atomic mass is 16.2. The Morgan fingerprint density at radius 1 is 1.13 bits per heavy atom. The predicted octanol–water partition coefficient (Wildman–Crippen LogP) is 2.02. The number of carbonyl (C=O) groups is 3. The molecule has 7 nitrogen and oxygen atoms in total. The van der Waals surface area contributed by atoms with Crippen LogP contribution in [0.1, 0.15) is 44.6 Å². The van der Waals surface area contributed by atoms with Crippen LogP contribution in [0.2, 0.25) is 0 Å². The maximum Gasteiger partial charge on any atom is 0.325 e. The van der Waals surface area contributed by atoms with Crippen LogP contribution in [0.25, 0.3) is 0 Å². The average molecular weight is 413 g/mol. The summed E-state index contributed by atoms with van der Waals surface area (Å²) in [5.41, 5.74) is 0.551. The molecule has 1 aromatic rings. The van der Waals surface area contributed by atoms with E-state index in [2.05, 4.69) is 34.5 Å². The second-order valence-electron chi connectivity index (χ2n) is 8.75. The number of nitrogens with zero attached hydrogens (tertiary/aromatic N) is 3. The Bertz CT molecular complexity index is 789. The maximum absolute atomic E-state index is 13.3. The van der Waals surface area contributed by atoms with Crippen LogP contribution in [-0.2, 0) is 16.0 Å². The minimum absolute atomic E-state index is 0.0909. The number of nitrogens with one attached hydrogen (secondary N) is 1. The molecule has 3 heterocycles. The zero-order valence-corrected chi connectivity index (χ0v) is 17.8. The quantitative estimate of drug-likeness (QED) is 0.751. The van der Waals surface area contributed by atoms with Gasteiger partial charge in [-0.2, -0.15) is 0 Å². The molecule has 1 aromatic carbocycles. The molecule has 3 aliphatic heterocycles. The Morgan fingerprint density at radius 2 is 1.87 bits per heavy atom. The number of hydrogen-bond donors (Lipinski definition) is 1. The van der Waals surface area contributed by atoms with Crippen LogP contribution >= 0.6 is 0 Å². The Kier molecular flexibility index (Phi) is 6.09. The molecular formula is C23H32N4O3. The van der Waals surface area contributed by atoms with Gasteiger partial charge in [0.2, 0.25) is 5.91 Å². The van der Waals surface area contributed by atoms with E-state index in [9.17, 15) is 14.4 Å². The van der Waals surface area contributed by atoms with Crippen LogP contribution in [0.3, 0.4) is 0 Å². The largest absolute Gasteiger partial charge is 0.341 e. The number of rotatable bonds is 5. The van der Waals surface area contributed by atoms with E-state index in [4.69, 9.17) is 0 Å². The van der Waals surface area contributed by atoms with Crippen molar-refractivity contribution in [1.82, 2.24) is 20.0 Å². The normalized spacial score (nSPS) is 24.4. The SMILES string of the molecule is CCC(=O)N1CCC[C@H](N2C(=O)NC3(CCN(CCc4ccccc4)CC3)C2=O)C1. The van der Waals surface area contributed by atoms with Gasteiger partial charge in [0, 0.05) is 39.1 Å². The monoisotopic (exact) mass is 412 g/mol. The molecule has 4 rings (SSSR count). The van der Waals surface area contributed by atoms with E-state index in [1.165, 1.54) is 10.5 Å². The fraction of sp³-hybridized carbons (Fsp3) is 0.609. The van der Waals surface area contributed by atoms with Crippen molar-refractivity contribution in [3.05, 3.63) is 35.9 Å². The minimum atomic E-state index is -0.766. The number of urea groups is 1. The van der Waals surface area contributed by atoms with Gasteiger partial charge in [0.25, 0.3) is 5.91 Å². The Labute approximate surface area is 178 Å². The fourth-order valence-corrected chi connectivity index (χ4v) is 5.02. The minimum Gasteiger partial charge on any atom is -0.341 e. The number of amides is 4. The van der Waals surface area contributed by atoms with Crippen molar-refractivity contribution in [2.75, 3.05) is 32.7 Å². The summed E-state index contributed by atoms with van der Waals surface area (Å²) in [7, 11) is 0. The lowest BCUT2D eigenvalue weighted by Crippen LogP contribution is -2.56. The van der Waals surface area contributed by atoms with Gasteiger partial charge in [0.1, 0.15) is 5.54 Å². The summed E-state index contributed by atoms with van der Waals surface area (Å²) in [6.45, 7) is 5.60. The van der Waals surface area contributed by atoms with Gasteiger partial charge in [-0.3, -0.25) is 14.5 Å². The third-order valence-electron chi connectivity index (χ3n) is 6.88. The van der Waals surface area contributed by atoms with Crippen molar-refractivity contribution in [1.29, 1.82) is 0 Å². The first-order valence-electron chi connectivity index (χ1n) is 11.2. The van der Waals surface area contributed by atoms with Gasteiger partial charge in [-0.15, -0.1) is 0 Å². The number of imide groups is 1. The Morgan fingerprint density at radius 3 is 2.57 bits per heavy atom. The molecule has 3 saturated heterocycles. The summed E-state index contributed by atoms with van der Waals surface area (Å²) in [4.78, 5) is 43.8. The molecular weight excluding hydrogens is 380 g/mol. The van der Waals surface area contributed by atoms with Crippen molar-refractivity contribution in [2.45, 2.75) is 57.0 Å². The molecule has 162 valence electrons. The first kappa shape index (κ1) is 20.8. The van der Waals surface area contributed by atoms with Crippen LogP contribution in [0, 0.1) is 0 Å². The third-order valence-corrected chi connectivity index (χ3v) is 6.88. The predicted molar refractivity (Wildman–Crippen MR) is 114 cm³/mol. The topological polar surface area (TPSA) is 73.0 Å². The lowest BCUT2D eigenvalue weighted by Gasteiger charge is -2.39. The van der Waals surface area contributed by atoms with Gasteiger partial charge in [-0.1, -0.05) is 37.3 Å². The molecule has 1 atom stereocenters. The van der Waals surface area contributed by atoms with Crippen LogP contribution < -0.4 is 5.32 Å². The molecule has 30 heavy (non-hydrogen) atoms. The van der Waals surface area contributed by atoms with Crippen molar-refractivity contribution in [3.63, 3.8) is 0 Å². The number of piperidine rings is 2. The standard InChI is InChI=1S/C23H32N4O3/c1-2-20(28)26-13-6-9-19(17-26)27-21(29)23(24-22(27)30)11-15-25(16-12-23)14-10-18-7-4-3-5-8-18/h3-5,7-8,19H,2,6,9-17H2,1H3,(H,24,30)/t19-/m0/s1. The van der Waals surface area contributed by atoms with E-state index < -0.39 is 5.54 Å². The lowest BCUT2D eigenvalue weighted by atomic mass is 9.87. The molecule has 0 radical (unpaired) electrons. The first-order chi connectivity index (χ1) is 14.5. The van der Waals surface area contributed by atoms with Crippen molar-refractivity contribution < 1.29 is 14.4 Å². The first-order valence-corrected chi connectivity index (χ1v) is 11.2. The number of likely N-dealkylation sites (tertiary alicyclic amines) is 2. The van der Waals surface area contributed by atoms with Gasteiger partial charge in [0.15, 0.2) is 0 Å². The Hall–Kier alpha value is -2.41. The van der Waals surface area contributed by atoms with Crippen molar-refractivity contribution in [3.8, 4) is 0 Å². The van der Waals surface area contributed by atoms with E-state index in [0.29, 0.717) is 32.4 Å². The highest BCUT2D eigenvalue weighted by molar-refractivity contribution is 6.07. The fourth-order valence-electron chi connectivity index (χ4n) is 5.02. The van der Waals surface area contributed by atoms with Crippen molar-refractivity contribution in [2.24, 2.45) is 0 Å². The summed E-state index contributed by atoms with van der Waals surface area (Å²) >= 11 is 0. The second kappa shape index (κ2) is 8.76.